The van der Waals surface area contributed by atoms with E-state index in [2.05, 4.69) is 67.6 Å². The molecule has 0 N–H and O–H groups in total. The molecule has 0 unspecified atom stereocenters. The van der Waals surface area contributed by atoms with Gasteiger partial charge in [-0.2, -0.15) is 0 Å². The zero-order valence-electron chi connectivity index (χ0n) is 11.6. The maximum absolute atomic E-state index is 5.66. The molecule has 0 amide bonds. The van der Waals surface area contributed by atoms with Gasteiger partial charge in [-0.15, -0.1) is 0 Å². The first-order valence-electron chi connectivity index (χ1n) is 7.09. The van der Waals surface area contributed by atoms with Crippen molar-refractivity contribution in [1.82, 2.24) is 0 Å². The Morgan fingerprint density at radius 2 is 1.32 bits per heavy atom. The van der Waals surface area contributed by atoms with Crippen molar-refractivity contribution in [3.63, 3.8) is 0 Å². The van der Waals surface area contributed by atoms with Gasteiger partial charge in [-0.3, -0.25) is 0 Å². The number of ether oxygens (including phenoxy) is 1. The molecule has 2 aromatic rings. The summed E-state index contributed by atoms with van der Waals surface area (Å²) in [5, 5.41) is 0. The van der Waals surface area contributed by atoms with E-state index in [1.807, 2.05) is 0 Å². The number of hydrogen-bond donors (Lipinski definition) is 0. The minimum Gasteiger partial charge on any atom is -0.381 e. The lowest BCUT2D eigenvalue weighted by Crippen LogP contribution is -2.06. The molecule has 0 fully saturated rings. The Morgan fingerprint density at radius 1 is 0.789 bits per heavy atom. The van der Waals surface area contributed by atoms with E-state index >= 15 is 0 Å². The second-order valence-corrected chi connectivity index (χ2v) is 4.78. The van der Waals surface area contributed by atoms with Crippen molar-refractivity contribution in [1.29, 1.82) is 0 Å². The van der Waals surface area contributed by atoms with Gasteiger partial charge < -0.3 is 4.74 Å². The maximum atomic E-state index is 5.66. The van der Waals surface area contributed by atoms with Crippen LogP contribution in [0.15, 0.2) is 60.7 Å². The summed E-state index contributed by atoms with van der Waals surface area (Å²) in [5.74, 6) is 0.430. The van der Waals surface area contributed by atoms with Gasteiger partial charge in [0, 0.05) is 19.1 Å². The zero-order valence-corrected chi connectivity index (χ0v) is 11.6. The molecule has 0 aliphatic carbocycles. The summed E-state index contributed by atoms with van der Waals surface area (Å²) >= 11 is 0. The Morgan fingerprint density at radius 3 is 1.79 bits per heavy atom. The summed E-state index contributed by atoms with van der Waals surface area (Å²) < 4.78 is 5.66. The maximum Gasteiger partial charge on any atom is 0.0475 e. The van der Waals surface area contributed by atoms with Gasteiger partial charge in [-0.25, -0.2) is 0 Å². The van der Waals surface area contributed by atoms with E-state index in [1.165, 1.54) is 11.1 Å². The lowest BCUT2D eigenvalue weighted by atomic mass is 9.89. The van der Waals surface area contributed by atoms with E-state index < -0.39 is 0 Å². The fourth-order valence-corrected chi connectivity index (χ4v) is 2.34. The Balaban J connectivity index is 2.10. The molecule has 0 bridgehead atoms. The molecule has 0 heterocycles. The molecule has 0 radical (unpaired) electrons. The van der Waals surface area contributed by atoms with Crippen LogP contribution in [0.25, 0.3) is 0 Å². The van der Waals surface area contributed by atoms with Crippen LogP contribution in [-0.4, -0.2) is 13.2 Å². The predicted octanol–water partition coefficient (Wildman–Crippen LogP) is 4.64. The van der Waals surface area contributed by atoms with Crippen molar-refractivity contribution in [2.24, 2.45) is 0 Å². The van der Waals surface area contributed by atoms with Crippen LogP contribution >= 0.6 is 0 Å². The van der Waals surface area contributed by atoms with Crippen molar-refractivity contribution in [3.8, 4) is 0 Å². The van der Waals surface area contributed by atoms with Crippen molar-refractivity contribution in [3.05, 3.63) is 71.8 Å². The molecule has 0 spiro atoms. The molecule has 0 atom stereocenters. The monoisotopic (exact) mass is 254 g/mol. The molecule has 0 aliphatic heterocycles. The Hall–Kier alpha value is -1.60. The van der Waals surface area contributed by atoms with Crippen LogP contribution in [0.3, 0.4) is 0 Å². The fraction of sp³-hybridized carbons (Fsp3) is 0.333. The van der Waals surface area contributed by atoms with Crippen LogP contribution in [0.4, 0.5) is 0 Å². The summed E-state index contributed by atoms with van der Waals surface area (Å²) in [7, 11) is 0. The average Bonchev–Trinajstić information content (AvgIpc) is 2.49. The van der Waals surface area contributed by atoms with Crippen molar-refractivity contribution >= 4 is 0 Å². The van der Waals surface area contributed by atoms with Crippen LogP contribution in [0.1, 0.15) is 36.8 Å². The molecule has 100 valence electrons. The first kappa shape index (κ1) is 13.8. The van der Waals surface area contributed by atoms with Crippen molar-refractivity contribution < 1.29 is 4.74 Å². The summed E-state index contributed by atoms with van der Waals surface area (Å²) in [4.78, 5) is 0. The standard InChI is InChI=1S/C18H22O/c1-2-14-19-15-13-18(16-9-5-3-6-10-16)17-11-7-4-8-12-17/h3-12,18H,2,13-15H2,1H3. The average molecular weight is 254 g/mol. The fourth-order valence-electron chi connectivity index (χ4n) is 2.34. The highest BCUT2D eigenvalue weighted by Crippen LogP contribution is 2.27. The third-order valence-electron chi connectivity index (χ3n) is 3.30. The number of benzene rings is 2. The van der Waals surface area contributed by atoms with Gasteiger partial charge in [0.1, 0.15) is 0 Å². The van der Waals surface area contributed by atoms with E-state index in [0.717, 1.165) is 26.1 Å². The minimum absolute atomic E-state index is 0.430. The van der Waals surface area contributed by atoms with Crippen LogP contribution in [0.5, 0.6) is 0 Å². The second-order valence-electron chi connectivity index (χ2n) is 4.78. The Labute approximate surface area is 116 Å². The number of rotatable bonds is 7. The Kier molecular flexibility index (Phi) is 5.64. The molecule has 0 saturated heterocycles. The predicted molar refractivity (Wildman–Crippen MR) is 80.5 cm³/mol. The summed E-state index contributed by atoms with van der Waals surface area (Å²) in [6, 6.07) is 21.4. The van der Waals surface area contributed by atoms with Gasteiger partial charge in [-0.05, 0) is 24.0 Å². The lowest BCUT2D eigenvalue weighted by Gasteiger charge is -2.18. The van der Waals surface area contributed by atoms with Crippen LogP contribution < -0.4 is 0 Å². The van der Waals surface area contributed by atoms with Gasteiger partial charge >= 0.3 is 0 Å². The first-order valence-corrected chi connectivity index (χ1v) is 7.09. The SMILES string of the molecule is CCCOCCC(c1ccccc1)c1ccccc1. The lowest BCUT2D eigenvalue weighted by molar-refractivity contribution is 0.129. The highest BCUT2D eigenvalue weighted by Gasteiger charge is 2.13. The van der Waals surface area contributed by atoms with Gasteiger partial charge in [-0.1, -0.05) is 67.6 Å². The van der Waals surface area contributed by atoms with Crippen LogP contribution in [0.2, 0.25) is 0 Å². The summed E-state index contributed by atoms with van der Waals surface area (Å²) in [6.07, 6.45) is 2.12. The number of hydrogen-bond acceptors (Lipinski definition) is 1. The van der Waals surface area contributed by atoms with E-state index in [1.54, 1.807) is 0 Å². The molecule has 1 nitrogen and oxygen atoms in total. The van der Waals surface area contributed by atoms with Crippen molar-refractivity contribution in [2.75, 3.05) is 13.2 Å². The van der Waals surface area contributed by atoms with Gasteiger partial charge in [0.15, 0.2) is 0 Å². The highest BCUT2D eigenvalue weighted by molar-refractivity contribution is 5.32. The minimum atomic E-state index is 0.430. The van der Waals surface area contributed by atoms with Crippen LogP contribution in [-0.2, 0) is 4.74 Å². The largest absolute Gasteiger partial charge is 0.381 e. The van der Waals surface area contributed by atoms with E-state index in [9.17, 15) is 0 Å². The van der Waals surface area contributed by atoms with E-state index in [0.29, 0.717) is 5.92 Å². The summed E-state index contributed by atoms with van der Waals surface area (Å²) in [6.45, 7) is 3.82. The summed E-state index contributed by atoms with van der Waals surface area (Å²) in [5.41, 5.74) is 2.74. The normalized spacial score (nSPS) is 10.8. The quantitative estimate of drug-likeness (QED) is 0.654. The van der Waals surface area contributed by atoms with Gasteiger partial charge in [0.2, 0.25) is 0 Å². The molecule has 0 saturated carbocycles. The molecule has 2 rings (SSSR count). The van der Waals surface area contributed by atoms with Crippen molar-refractivity contribution in [2.45, 2.75) is 25.7 Å². The molecule has 2 aromatic carbocycles. The van der Waals surface area contributed by atoms with Gasteiger partial charge in [0.25, 0.3) is 0 Å². The molecule has 0 aromatic heterocycles. The van der Waals surface area contributed by atoms with E-state index in [-0.39, 0.29) is 0 Å². The third-order valence-corrected chi connectivity index (χ3v) is 3.30. The second kappa shape index (κ2) is 7.75. The molecular weight excluding hydrogens is 232 g/mol. The van der Waals surface area contributed by atoms with Gasteiger partial charge in [0.05, 0.1) is 0 Å². The first-order chi connectivity index (χ1) is 9.42. The zero-order chi connectivity index (χ0) is 13.3. The highest BCUT2D eigenvalue weighted by atomic mass is 16.5. The van der Waals surface area contributed by atoms with Crippen LogP contribution in [0, 0.1) is 0 Å². The topological polar surface area (TPSA) is 9.23 Å². The molecule has 19 heavy (non-hydrogen) atoms. The smallest absolute Gasteiger partial charge is 0.0475 e. The molecule has 1 heteroatoms. The Bertz CT molecular complexity index is 410. The molecular formula is C18H22O. The third kappa shape index (κ3) is 4.22. The van der Waals surface area contributed by atoms with E-state index in [4.69, 9.17) is 4.74 Å². The molecule has 0 aliphatic rings.